The Hall–Kier alpha value is -2.13. The Kier molecular flexibility index (Phi) is 6.13. The van der Waals surface area contributed by atoms with Crippen LogP contribution in [0, 0.1) is 5.92 Å². The minimum Gasteiger partial charge on any atom is -0.371 e. The van der Waals surface area contributed by atoms with Gasteiger partial charge in [-0.1, -0.05) is 43.2 Å². The fourth-order valence-corrected chi connectivity index (χ4v) is 6.22. The molecule has 0 N–H and O–H groups in total. The first-order valence-electron chi connectivity index (χ1n) is 12.4. The summed E-state index contributed by atoms with van der Waals surface area (Å²) in [4.78, 5) is 18.0. The van der Waals surface area contributed by atoms with E-state index in [1.54, 1.807) is 0 Å². The van der Waals surface area contributed by atoms with Crippen LogP contribution in [0.4, 0.5) is 5.69 Å². The Balaban J connectivity index is 1.13. The van der Waals surface area contributed by atoms with Gasteiger partial charge in [0.25, 0.3) is 0 Å². The van der Waals surface area contributed by atoms with Crippen LogP contribution in [-0.2, 0) is 6.54 Å². The quantitative estimate of drug-likeness (QED) is 0.537. The molecule has 3 aliphatic rings. The molecule has 1 aliphatic carbocycles. The zero-order chi connectivity index (χ0) is 21.2. The molecule has 31 heavy (non-hydrogen) atoms. The molecule has 0 spiro atoms. The number of nitrogens with zero attached hydrogens (tertiary/aromatic N) is 2. The van der Waals surface area contributed by atoms with Crippen LogP contribution >= 0.6 is 0 Å². The highest BCUT2D eigenvalue weighted by Crippen LogP contribution is 2.47. The van der Waals surface area contributed by atoms with E-state index in [-0.39, 0.29) is 0 Å². The van der Waals surface area contributed by atoms with Gasteiger partial charge in [-0.25, -0.2) is 0 Å². The SMILES string of the molecule is CN1c2ccc(C(=O)CCC3CCN(Cc4ccccc4)CC3)cc2C2CCCCC21. The van der Waals surface area contributed by atoms with Crippen LogP contribution in [0.2, 0.25) is 0 Å². The zero-order valence-corrected chi connectivity index (χ0v) is 18.9. The third kappa shape index (κ3) is 4.43. The molecule has 0 aromatic heterocycles. The van der Waals surface area contributed by atoms with Crippen LogP contribution in [0.5, 0.6) is 0 Å². The number of Topliss-reactive ketones (excluding diaryl/α,β-unsaturated/α-hetero) is 1. The molecule has 5 rings (SSSR count). The molecule has 3 heteroatoms. The van der Waals surface area contributed by atoms with Crippen LogP contribution in [0.1, 0.15) is 78.8 Å². The van der Waals surface area contributed by atoms with Crippen molar-refractivity contribution < 1.29 is 4.79 Å². The van der Waals surface area contributed by atoms with E-state index < -0.39 is 0 Å². The van der Waals surface area contributed by atoms with E-state index in [1.165, 1.54) is 55.3 Å². The van der Waals surface area contributed by atoms with Crippen molar-refractivity contribution in [2.24, 2.45) is 5.92 Å². The molecular weight excluding hydrogens is 380 g/mol. The standard InChI is InChI=1S/C28H36N2O/c1-29-26-10-6-5-9-24(26)25-19-23(12-13-27(25)29)28(31)14-11-21-15-17-30(18-16-21)20-22-7-3-2-4-8-22/h2-4,7-8,12-13,19,21,24,26H,5-6,9-11,14-18,20H2,1H3. The zero-order valence-electron chi connectivity index (χ0n) is 18.9. The number of carbonyl (C=O) groups is 1. The molecule has 3 nitrogen and oxygen atoms in total. The van der Waals surface area contributed by atoms with Crippen LogP contribution in [0.3, 0.4) is 0 Å². The van der Waals surface area contributed by atoms with E-state index in [9.17, 15) is 4.79 Å². The molecule has 0 bridgehead atoms. The number of benzene rings is 2. The fourth-order valence-electron chi connectivity index (χ4n) is 6.22. The van der Waals surface area contributed by atoms with E-state index in [0.29, 0.717) is 30.1 Å². The molecule has 0 radical (unpaired) electrons. The third-order valence-corrected chi connectivity index (χ3v) is 8.09. The first-order valence-corrected chi connectivity index (χ1v) is 12.4. The van der Waals surface area contributed by atoms with Gasteiger partial charge in [0, 0.05) is 43.2 Å². The van der Waals surface area contributed by atoms with Crippen LogP contribution in [0.15, 0.2) is 48.5 Å². The Morgan fingerprint density at radius 2 is 1.74 bits per heavy atom. The third-order valence-electron chi connectivity index (χ3n) is 8.09. The number of likely N-dealkylation sites (tertiary alicyclic amines) is 1. The molecule has 2 aliphatic heterocycles. The summed E-state index contributed by atoms with van der Waals surface area (Å²) in [6.07, 6.45) is 9.43. The number of fused-ring (bicyclic) bond motifs is 3. The lowest BCUT2D eigenvalue weighted by Gasteiger charge is -2.32. The topological polar surface area (TPSA) is 23.6 Å². The Morgan fingerprint density at radius 3 is 2.55 bits per heavy atom. The lowest BCUT2D eigenvalue weighted by atomic mass is 9.82. The van der Waals surface area contributed by atoms with Gasteiger partial charge in [-0.05, 0) is 80.4 Å². The first kappa shape index (κ1) is 20.8. The van der Waals surface area contributed by atoms with Crippen LogP contribution in [0.25, 0.3) is 0 Å². The molecule has 2 unspecified atom stereocenters. The highest BCUT2D eigenvalue weighted by atomic mass is 16.1. The summed E-state index contributed by atoms with van der Waals surface area (Å²) >= 11 is 0. The average molecular weight is 417 g/mol. The molecule has 0 amide bonds. The van der Waals surface area contributed by atoms with Gasteiger partial charge in [-0.15, -0.1) is 0 Å². The minimum absolute atomic E-state index is 0.344. The average Bonchev–Trinajstić information content (AvgIpc) is 3.11. The largest absolute Gasteiger partial charge is 0.371 e. The lowest BCUT2D eigenvalue weighted by Crippen LogP contribution is -2.33. The van der Waals surface area contributed by atoms with Crippen molar-refractivity contribution in [3.05, 3.63) is 65.2 Å². The number of carbonyl (C=O) groups excluding carboxylic acids is 1. The van der Waals surface area contributed by atoms with Crippen LogP contribution in [-0.4, -0.2) is 36.9 Å². The Bertz CT molecular complexity index is 900. The number of anilines is 1. The fraction of sp³-hybridized carbons (Fsp3) is 0.536. The summed E-state index contributed by atoms with van der Waals surface area (Å²) in [5.74, 6) is 1.67. The number of hydrogen-bond acceptors (Lipinski definition) is 3. The number of piperidine rings is 1. The molecule has 1 saturated carbocycles. The second-order valence-electron chi connectivity index (χ2n) is 10.0. The van der Waals surface area contributed by atoms with Gasteiger partial charge in [0.1, 0.15) is 0 Å². The van der Waals surface area contributed by atoms with Crippen molar-refractivity contribution in [3.8, 4) is 0 Å². The summed E-state index contributed by atoms with van der Waals surface area (Å²) in [5.41, 5.74) is 5.14. The van der Waals surface area contributed by atoms with Gasteiger partial charge in [-0.2, -0.15) is 0 Å². The van der Waals surface area contributed by atoms with Gasteiger partial charge in [-0.3, -0.25) is 9.69 Å². The molecule has 2 atom stereocenters. The summed E-state index contributed by atoms with van der Waals surface area (Å²) in [6, 6.07) is 17.9. The Morgan fingerprint density at radius 1 is 0.968 bits per heavy atom. The van der Waals surface area contributed by atoms with Crippen molar-refractivity contribution in [3.63, 3.8) is 0 Å². The smallest absolute Gasteiger partial charge is 0.162 e. The molecule has 2 heterocycles. The van der Waals surface area contributed by atoms with Gasteiger partial charge < -0.3 is 4.90 Å². The monoisotopic (exact) mass is 416 g/mol. The van der Waals surface area contributed by atoms with E-state index >= 15 is 0 Å². The second-order valence-corrected chi connectivity index (χ2v) is 10.0. The predicted molar refractivity (Wildman–Crippen MR) is 128 cm³/mol. The normalized spacial score (nSPS) is 24.1. The first-order chi connectivity index (χ1) is 15.2. The molecule has 1 saturated heterocycles. The highest BCUT2D eigenvalue weighted by molar-refractivity contribution is 5.97. The van der Waals surface area contributed by atoms with Crippen molar-refractivity contribution in [1.29, 1.82) is 0 Å². The highest BCUT2D eigenvalue weighted by Gasteiger charge is 2.38. The number of ketones is 1. The molecule has 164 valence electrons. The maximum absolute atomic E-state index is 13.0. The maximum Gasteiger partial charge on any atom is 0.162 e. The van der Waals surface area contributed by atoms with Crippen molar-refractivity contribution >= 4 is 11.5 Å². The summed E-state index contributed by atoms with van der Waals surface area (Å²) in [7, 11) is 2.24. The van der Waals surface area contributed by atoms with E-state index in [2.05, 4.69) is 65.4 Å². The second kappa shape index (κ2) is 9.16. The Labute approximate surface area is 187 Å². The number of likely N-dealkylation sites (N-methyl/N-ethyl adjacent to an activating group) is 1. The number of hydrogen-bond donors (Lipinski definition) is 0. The predicted octanol–water partition coefficient (Wildman–Crippen LogP) is 6.04. The summed E-state index contributed by atoms with van der Waals surface area (Å²) < 4.78 is 0. The maximum atomic E-state index is 13.0. The van der Waals surface area contributed by atoms with Gasteiger partial charge in [0.2, 0.25) is 0 Å². The van der Waals surface area contributed by atoms with Crippen molar-refractivity contribution in [2.75, 3.05) is 25.0 Å². The van der Waals surface area contributed by atoms with Gasteiger partial charge in [0.05, 0.1) is 0 Å². The van der Waals surface area contributed by atoms with Crippen LogP contribution < -0.4 is 4.90 Å². The van der Waals surface area contributed by atoms with Crippen molar-refractivity contribution in [1.82, 2.24) is 4.90 Å². The number of rotatable bonds is 6. The van der Waals surface area contributed by atoms with E-state index in [4.69, 9.17) is 0 Å². The van der Waals surface area contributed by atoms with Gasteiger partial charge >= 0.3 is 0 Å². The van der Waals surface area contributed by atoms with E-state index in [1.807, 2.05) is 0 Å². The van der Waals surface area contributed by atoms with E-state index in [0.717, 1.165) is 31.6 Å². The minimum atomic E-state index is 0.344. The lowest BCUT2D eigenvalue weighted by molar-refractivity contribution is 0.0961. The van der Waals surface area contributed by atoms with Gasteiger partial charge in [0.15, 0.2) is 5.78 Å². The summed E-state index contributed by atoms with van der Waals surface area (Å²) in [5, 5.41) is 0. The molecular formula is C28H36N2O. The molecule has 2 fully saturated rings. The molecule has 2 aromatic carbocycles. The van der Waals surface area contributed by atoms with Crippen molar-refractivity contribution in [2.45, 2.75) is 69.9 Å². The summed E-state index contributed by atoms with van der Waals surface area (Å²) in [6.45, 7) is 3.36. The molecule has 2 aromatic rings.